The van der Waals surface area contributed by atoms with Crippen LogP contribution in [0.4, 0.5) is 0 Å². The minimum atomic E-state index is 0.128. The summed E-state index contributed by atoms with van der Waals surface area (Å²) < 4.78 is 0. The van der Waals surface area contributed by atoms with E-state index in [-0.39, 0.29) is 6.04 Å². The number of pyridine rings is 1. The lowest BCUT2D eigenvalue weighted by Crippen LogP contribution is -2.11. The lowest BCUT2D eigenvalue weighted by atomic mass is 9.97. The zero-order chi connectivity index (χ0) is 13.0. The standard InChI is InChI=1S/C16H22N2/c1-3-4-5-9-15(17)14-11-12(2)18-16-10-7-6-8-13(14)16/h6-8,10-11,15H,3-5,9,17H2,1-2H3. The Morgan fingerprint density at radius 1 is 1.22 bits per heavy atom. The number of hydrogen-bond acceptors (Lipinski definition) is 2. The van der Waals surface area contributed by atoms with Crippen LogP contribution in [0.25, 0.3) is 10.9 Å². The smallest absolute Gasteiger partial charge is 0.0708 e. The molecule has 0 aliphatic carbocycles. The van der Waals surface area contributed by atoms with E-state index in [2.05, 4.69) is 36.2 Å². The summed E-state index contributed by atoms with van der Waals surface area (Å²) in [5.74, 6) is 0. The summed E-state index contributed by atoms with van der Waals surface area (Å²) in [6.07, 6.45) is 4.76. The molecule has 1 aromatic heterocycles. The van der Waals surface area contributed by atoms with Gasteiger partial charge in [-0.25, -0.2) is 0 Å². The summed E-state index contributed by atoms with van der Waals surface area (Å²) >= 11 is 0. The van der Waals surface area contributed by atoms with Crippen molar-refractivity contribution in [2.75, 3.05) is 0 Å². The van der Waals surface area contributed by atoms with Crippen LogP contribution in [0.1, 0.15) is 49.9 Å². The number of aromatic nitrogens is 1. The molecule has 1 heterocycles. The van der Waals surface area contributed by atoms with Gasteiger partial charge in [-0.3, -0.25) is 4.98 Å². The van der Waals surface area contributed by atoms with E-state index in [0.29, 0.717) is 0 Å². The number of benzene rings is 1. The van der Waals surface area contributed by atoms with Crippen molar-refractivity contribution in [1.29, 1.82) is 0 Å². The van der Waals surface area contributed by atoms with Crippen LogP contribution in [0.2, 0.25) is 0 Å². The Balaban J connectivity index is 2.31. The van der Waals surface area contributed by atoms with Crippen LogP contribution in [0, 0.1) is 6.92 Å². The van der Waals surface area contributed by atoms with E-state index >= 15 is 0 Å². The predicted molar refractivity (Wildman–Crippen MR) is 77.6 cm³/mol. The monoisotopic (exact) mass is 242 g/mol. The number of hydrogen-bond donors (Lipinski definition) is 1. The zero-order valence-corrected chi connectivity index (χ0v) is 11.3. The summed E-state index contributed by atoms with van der Waals surface area (Å²) in [6.45, 7) is 4.26. The molecule has 0 fully saturated rings. The molecule has 0 saturated heterocycles. The van der Waals surface area contributed by atoms with E-state index in [1.54, 1.807) is 0 Å². The van der Waals surface area contributed by atoms with Gasteiger partial charge in [-0.1, -0.05) is 44.4 Å². The van der Waals surface area contributed by atoms with Crippen molar-refractivity contribution < 1.29 is 0 Å². The van der Waals surface area contributed by atoms with Crippen molar-refractivity contribution in [1.82, 2.24) is 4.98 Å². The molecule has 1 atom stereocenters. The lowest BCUT2D eigenvalue weighted by Gasteiger charge is -2.15. The largest absolute Gasteiger partial charge is 0.324 e. The average molecular weight is 242 g/mol. The highest BCUT2D eigenvalue weighted by atomic mass is 14.7. The van der Waals surface area contributed by atoms with E-state index in [4.69, 9.17) is 5.73 Å². The molecule has 2 rings (SSSR count). The van der Waals surface area contributed by atoms with E-state index in [1.807, 2.05) is 13.0 Å². The van der Waals surface area contributed by atoms with Gasteiger partial charge in [-0.05, 0) is 31.0 Å². The van der Waals surface area contributed by atoms with Crippen LogP contribution in [0.3, 0.4) is 0 Å². The maximum Gasteiger partial charge on any atom is 0.0708 e. The third-order valence-electron chi connectivity index (χ3n) is 3.39. The van der Waals surface area contributed by atoms with Gasteiger partial charge in [0, 0.05) is 17.1 Å². The van der Waals surface area contributed by atoms with Crippen molar-refractivity contribution in [2.24, 2.45) is 5.73 Å². The van der Waals surface area contributed by atoms with Crippen LogP contribution in [0.5, 0.6) is 0 Å². The van der Waals surface area contributed by atoms with Gasteiger partial charge in [0.15, 0.2) is 0 Å². The predicted octanol–water partition coefficient (Wildman–Crippen LogP) is 4.12. The molecule has 0 radical (unpaired) electrons. The summed E-state index contributed by atoms with van der Waals surface area (Å²) in [5.41, 5.74) is 9.69. The van der Waals surface area contributed by atoms with Crippen LogP contribution < -0.4 is 5.73 Å². The molecule has 0 aliphatic rings. The lowest BCUT2D eigenvalue weighted by molar-refractivity contribution is 0.583. The molecule has 0 aliphatic heterocycles. The third-order valence-corrected chi connectivity index (χ3v) is 3.39. The Hall–Kier alpha value is -1.41. The summed E-state index contributed by atoms with van der Waals surface area (Å²) in [4.78, 5) is 4.56. The molecule has 0 amide bonds. The molecule has 96 valence electrons. The number of nitrogens with two attached hydrogens (primary N) is 1. The highest BCUT2D eigenvalue weighted by Crippen LogP contribution is 2.25. The zero-order valence-electron chi connectivity index (χ0n) is 11.3. The second-order valence-corrected chi connectivity index (χ2v) is 4.97. The van der Waals surface area contributed by atoms with E-state index in [1.165, 1.54) is 30.2 Å². The average Bonchev–Trinajstić information content (AvgIpc) is 2.38. The minimum Gasteiger partial charge on any atom is -0.324 e. The van der Waals surface area contributed by atoms with Gasteiger partial charge >= 0.3 is 0 Å². The molecular formula is C16H22N2. The molecule has 1 aromatic carbocycles. The normalized spacial score (nSPS) is 12.8. The molecule has 18 heavy (non-hydrogen) atoms. The molecule has 0 spiro atoms. The number of fused-ring (bicyclic) bond motifs is 1. The number of rotatable bonds is 5. The fraction of sp³-hybridized carbons (Fsp3) is 0.438. The number of unbranched alkanes of at least 4 members (excludes halogenated alkanes) is 2. The Kier molecular flexibility index (Phi) is 4.32. The van der Waals surface area contributed by atoms with Gasteiger partial charge in [-0.15, -0.1) is 0 Å². The van der Waals surface area contributed by atoms with E-state index < -0.39 is 0 Å². The van der Waals surface area contributed by atoms with Gasteiger partial charge < -0.3 is 5.73 Å². The molecule has 0 saturated carbocycles. The summed E-state index contributed by atoms with van der Waals surface area (Å²) in [6, 6.07) is 10.5. The first-order valence-corrected chi connectivity index (χ1v) is 6.84. The van der Waals surface area contributed by atoms with Crippen LogP contribution in [-0.2, 0) is 0 Å². The Labute approximate surface area is 109 Å². The Bertz CT molecular complexity index is 519. The summed E-state index contributed by atoms with van der Waals surface area (Å²) in [7, 11) is 0. The van der Waals surface area contributed by atoms with Crippen molar-refractivity contribution >= 4 is 10.9 Å². The fourth-order valence-corrected chi connectivity index (χ4v) is 2.42. The molecule has 0 bridgehead atoms. The van der Waals surface area contributed by atoms with Gasteiger partial charge in [0.05, 0.1) is 5.52 Å². The van der Waals surface area contributed by atoms with Crippen molar-refractivity contribution in [3.05, 3.63) is 41.6 Å². The molecule has 2 heteroatoms. The minimum absolute atomic E-state index is 0.128. The van der Waals surface area contributed by atoms with Crippen LogP contribution >= 0.6 is 0 Å². The van der Waals surface area contributed by atoms with Gasteiger partial charge in [-0.2, -0.15) is 0 Å². The van der Waals surface area contributed by atoms with Crippen molar-refractivity contribution in [3.63, 3.8) is 0 Å². The Morgan fingerprint density at radius 3 is 2.78 bits per heavy atom. The Morgan fingerprint density at radius 2 is 2.00 bits per heavy atom. The first-order valence-electron chi connectivity index (χ1n) is 6.84. The van der Waals surface area contributed by atoms with Crippen LogP contribution in [0.15, 0.2) is 30.3 Å². The number of nitrogens with zero attached hydrogens (tertiary/aromatic N) is 1. The molecular weight excluding hydrogens is 220 g/mol. The maximum absolute atomic E-state index is 6.34. The van der Waals surface area contributed by atoms with Gasteiger partial charge in [0.2, 0.25) is 0 Å². The molecule has 2 N–H and O–H groups in total. The third kappa shape index (κ3) is 2.88. The second-order valence-electron chi connectivity index (χ2n) is 4.97. The number of para-hydroxylation sites is 1. The molecule has 2 aromatic rings. The first kappa shape index (κ1) is 13.0. The number of aryl methyl sites for hydroxylation is 1. The topological polar surface area (TPSA) is 38.9 Å². The SMILES string of the molecule is CCCCCC(N)c1cc(C)nc2ccccc12. The van der Waals surface area contributed by atoms with Crippen molar-refractivity contribution in [2.45, 2.75) is 45.6 Å². The quantitative estimate of drug-likeness (QED) is 0.801. The molecule has 2 nitrogen and oxygen atoms in total. The highest BCUT2D eigenvalue weighted by Gasteiger charge is 2.11. The van der Waals surface area contributed by atoms with E-state index in [9.17, 15) is 0 Å². The van der Waals surface area contributed by atoms with Crippen molar-refractivity contribution in [3.8, 4) is 0 Å². The maximum atomic E-state index is 6.34. The highest BCUT2D eigenvalue weighted by molar-refractivity contribution is 5.82. The van der Waals surface area contributed by atoms with E-state index in [0.717, 1.165) is 17.6 Å². The fourth-order valence-electron chi connectivity index (χ4n) is 2.42. The molecule has 1 unspecified atom stereocenters. The van der Waals surface area contributed by atoms with Crippen LogP contribution in [-0.4, -0.2) is 4.98 Å². The van der Waals surface area contributed by atoms with Gasteiger partial charge in [0.25, 0.3) is 0 Å². The van der Waals surface area contributed by atoms with Gasteiger partial charge in [0.1, 0.15) is 0 Å². The summed E-state index contributed by atoms with van der Waals surface area (Å²) in [5, 5.41) is 1.20. The first-order chi connectivity index (χ1) is 8.72. The second kappa shape index (κ2) is 5.96.